The molecule has 2 rings (SSSR count). The molecule has 0 aliphatic carbocycles. The zero-order valence-electron chi connectivity index (χ0n) is 10.6. The van der Waals surface area contributed by atoms with Crippen LogP contribution in [-0.2, 0) is 16.6 Å². The van der Waals surface area contributed by atoms with Crippen molar-refractivity contribution in [2.24, 2.45) is 0 Å². The molecule has 8 heteroatoms. The van der Waals surface area contributed by atoms with Crippen molar-refractivity contribution in [1.29, 1.82) is 0 Å². The van der Waals surface area contributed by atoms with E-state index in [9.17, 15) is 21.6 Å². The normalized spacial score (nSPS) is 11.6. The van der Waals surface area contributed by atoms with Crippen molar-refractivity contribution in [1.82, 2.24) is 4.72 Å². The Hall–Kier alpha value is -2.06. The molecule has 0 saturated carbocycles. The Balaban J connectivity index is 2.21. The Bertz CT molecular complexity index is 779. The lowest BCUT2D eigenvalue weighted by atomic mass is 10.2. The van der Waals surface area contributed by atoms with E-state index in [0.29, 0.717) is 0 Å². The molecule has 0 bridgehead atoms. The van der Waals surface area contributed by atoms with Crippen molar-refractivity contribution >= 4 is 15.7 Å². The van der Waals surface area contributed by atoms with Crippen LogP contribution in [0.4, 0.5) is 18.9 Å². The van der Waals surface area contributed by atoms with Gasteiger partial charge >= 0.3 is 0 Å². The Kier molecular flexibility index (Phi) is 4.19. The lowest BCUT2D eigenvalue weighted by Gasteiger charge is -2.08. The van der Waals surface area contributed by atoms with Crippen molar-refractivity contribution in [3.8, 4) is 0 Å². The average Bonchev–Trinajstić information content (AvgIpc) is 2.43. The Morgan fingerprint density at radius 1 is 1.00 bits per heavy atom. The maximum absolute atomic E-state index is 13.4. The number of anilines is 1. The fourth-order valence-electron chi connectivity index (χ4n) is 1.61. The zero-order valence-corrected chi connectivity index (χ0v) is 11.4. The number of nitrogen functional groups attached to an aromatic ring is 1. The summed E-state index contributed by atoms with van der Waals surface area (Å²) in [6.07, 6.45) is 0. The van der Waals surface area contributed by atoms with Gasteiger partial charge in [-0.15, -0.1) is 0 Å². The van der Waals surface area contributed by atoms with Crippen LogP contribution >= 0.6 is 0 Å². The van der Waals surface area contributed by atoms with Gasteiger partial charge < -0.3 is 5.73 Å². The molecule has 0 spiro atoms. The van der Waals surface area contributed by atoms with E-state index in [0.717, 1.165) is 36.4 Å². The first kappa shape index (κ1) is 15.3. The Morgan fingerprint density at radius 3 is 2.38 bits per heavy atom. The molecule has 4 nitrogen and oxygen atoms in total. The molecule has 0 unspecified atom stereocenters. The third-order valence-corrected chi connectivity index (χ3v) is 4.14. The second-order valence-electron chi connectivity index (χ2n) is 4.24. The van der Waals surface area contributed by atoms with Crippen molar-refractivity contribution in [2.45, 2.75) is 11.4 Å². The molecular formula is C13H11F3N2O2S. The van der Waals surface area contributed by atoms with Gasteiger partial charge in [-0.25, -0.2) is 26.3 Å². The van der Waals surface area contributed by atoms with Crippen LogP contribution in [0.3, 0.4) is 0 Å². The highest BCUT2D eigenvalue weighted by atomic mass is 32.2. The Morgan fingerprint density at radius 2 is 1.71 bits per heavy atom. The van der Waals surface area contributed by atoms with Crippen LogP contribution in [-0.4, -0.2) is 8.42 Å². The summed E-state index contributed by atoms with van der Waals surface area (Å²) in [7, 11) is -4.06. The molecule has 0 heterocycles. The molecule has 0 atom stereocenters. The number of benzene rings is 2. The molecule has 3 N–H and O–H groups in total. The SMILES string of the molecule is Nc1ccc(S(=O)(=O)NCc2cc(F)ccc2F)cc1F. The summed E-state index contributed by atoms with van der Waals surface area (Å²) in [4.78, 5) is -0.356. The van der Waals surface area contributed by atoms with Gasteiger partial charge in [-0.05, 0) is 36.4 Å². The zero-order chi connectivity index (χ0) is 15.6. The standard InChI is InChI=1S/C13H11F3N2O2S/c14-9-1-3-11(15)8(5-9)7-18-21(19,20)10-2-4-13(17)12(16)6-10/h1-6,18H,7,17H2. The van der Waals surface area contributed by atoms with Gasteiger partial charge in [0.2, 0.25) is 10.0 Å². The van der Waals surface area contributed by atoms with E-state index in [-0.39, 0.29) is 16.1 Å². The molecule has 0 amide bonds. The summed E-state index contributed by atoms with van der Waals surface area (Å²) in [6, 6.07) is 5.65. The van der Waals surface area contributed by atoms with Gasteiger partial charge in [0.1, 0.15) is 17.5 Å². The molecule has 0 aromatic heterocycles. The van der Waals surface area contributed by atoms with Gasteiger partial charge in [0.05, 0.1) is 10.6 Å². The van der Waals surface area contributed by atoms with E-state index < -0.39 is 34.0 Å². The first-order valence-electron chi connectivity index (χ1n) is 5.78. The number of rotatable bonds is 4. The van der Waals surface area contributed by atoms with Crippen molar-refractivity contribution in [3.05, 3.63) is 59.4 Å². The van der Waals surface area contributed by atoms with Gasteiger partial charge in [0.15, 0.2) is 0 Å². The van der Waals surface area contributed by atoms with Crippen molar-refractivity contribution < 1.29 is 21.6 Å². The van der Waals surface area contributed by atoms with E-state index in [1.165, 1.54) is 0 Å². The fraction of sp³-hybridized carbons (Fsp3) is 0.0769. The van der Waals surface area contributed by atoms with Gasteiger partial charge in [-0.2, -0.15) is 0 Å². The molecule has 0 saturated heterocycles. The highest BCUT2D eigenvalue weighted by Gasteiger charge is 2.16. The summed E-state index contributed by atoms with van der Waals surface area (Å²) >= 11 is 0. The number of hydrogen-bond acceptors (Lipinski definition) is 3. The van der Waals surface area contributed by atoms with Crippen LogP contribution in [0.25, 0.3) is 0 Å². The van der Waals surface area contributed by atoms with Crippen LogP contribution < -0.4 is 10.5 Å². The van der Waals surface area contributed by atoms with Crippen LogP contribution in [0.5, 0.6) is 0 Å². The first-order chi connectivity index (χ1) is 9.79. The second-order valence-corrected chi connectivity index (χ2v) is 6.01. The summed E-state index contributed by atoms with van der Waals surface area (Å²) in [5.41, 5.74) is 4.90. The van der Waals surface area contributed by atoms with E-state index >= 15 is 0 Å². The molecule has 0 aliphatic rings. The number of hydrogen-bond donors (Lipinski definition) is 2. The average molecular weight is 316 g/mol. The van der Waals surface area contributed by atoms with Crippen LogP contribution in [0.15, 0.2) is 41.3 Å². The molecule has 2 aromatic carbocycles. The smallest absolute Gasteiger partial charge is 0.240 e. The van der Waals surface area contributed by atoms with Crippen LogP contribution in [0.1, 0.15) is 5.56 Å². The van der Waals surface area contributed by atoms with E-state index in [2.05, 4.69) is 4.72 Å². The third kappa shape index (κ3) is 3.53. The third-order valence-electron chi connectivity index (χ3n) is 2.74. The van der Waals surface area contributed by atoms with Gasteiger partial charge in [0, 0.05) is 12.1 Å². The predicted octanol–water partition coefficient (Wildman–Crippen LogP) is 2.16. The van der Waals surface area contributed by atoms with Gasteiger partial charge in [-0.3, -0.25) is 0 Å². The number of nitrogens with one attached hydrogen (secondary N) is 1. The van der Waals surface area contributed by atoms with E-state index in [1.54, 1.807) is 0 Å². The van der Waals surface area contributed by atoms with E-state index in [1.807, 2.05) is 0 Å². The fourth-order valence-corrected chi connectivity index (χ4v) is 2.63. The maximum atomic E-state index is 13.4. The quantitative estimate of drug-likeness (QED) is 0.849. The van der Waals surface area contributed by atoms with Crippen LogP contribution in [0, 0.1) is 17.5 Å². The van der Waals surface area contributed by atoms with E-state index in [4.69, 9.17) is 5.73 Å². The topological polar surface area (TPSA) is 72.2 Å². The first-order valence-corrected chi connectivity index (χ1v) is 7.26. The summed E-state index contributed by atoms with van der Waals surface area (Å²) in [5, 5.41) is 0. The summed E-state index contributed by atoms with van der Waals surface area (Å²) in [6.45, 7) is -0.460. The minimum atomic E-state index is -4.06. The second kappa shape index (κ2) is 5.74. The number of sulfonamides is 1. The summed E-state index contributed by atoms with van der Waals surface area (Å²) in [5.74, 6) is -2.32. The minimum absolute atomic E-state index is 0.158. The predicted molar refractivity (Wildman–Crippen MR) is 71.2 cm³/mol. The molecule has 21 heavy (non-hydrogen) atoms. The molecule has 0 radical (unpaired) electrons. The molecule has 0 aliphatic heterocycles. The van der Waals surface area contributed by atoms with Gasteiger partial charge in [-0.1, -0.05) is 0 Å². The minimum Gasteiger partial charge on any atom is -0.396 e. The maximum Gasteiger partial charge on any atom is 0.240 e. The number of nitrogens with two attached hydrogens (primary N) is 1. The summed E-state index contributed by atoms with van der Waals surface area (Å²) < 4.78 is 65.6. The molecule has 2 aromatic rings. The molecule has 112 valence electrons. The van der Waals surface area contributed by atoms with Crippen molar-refractivity contribution in [2.75, 3.05) is 5.73 Å². The van der Waals surface area contributed by atoms with Gasteiger partial charge in [0.25, 0.3) is 0 Å². The molecule has 0 fully saturated rings. The number of halogens is 3. The highest BCUT2D eigenvalue weighted by Crippen LogP contribution is 2.17. The highest BCUT2D eigenvalue weighted by molar-refractivity contribution is 7.89. The Labute approximate surface area is 119 Å². The largest absolute Gasteiger partial charge is 0.396 e. The lowest BCUT2D eigenvalue weighted by molar-refractivity contribution is 0.565. The molecular weight excluding hydrogens is 305 g/mol. The lowest BCUT2D eigenvalue weighted by Crippen LogP contribution is -2.24. The van der Waals surface area contributed by atoms with Crippen molar-refractivity contribution in [3.63, 3.8) is 0 Å². The van der Waals surface area contributed by atoms with Crippen LogP contribution in [0.2, 0.25) is 0 Å². The monoisotopic (exact) mass is 316 g/mol.